The van der Waals surface area contributed by atoms with Gasteiger partial charge in [0.2, 0.25) is 0 Å². The molecule has 0 saturated heterocycles. The van der Waals surface area contributed by atoms with Gasteiger partial charge in [-0.1, -0.05) is 41.4 Å². The van der Waals surface area contributed by atoms with Gasteiger partial charge in [-0.05, 0) is 53.6 Å². The number of methoxy groups -OCH3 is 2. The first-order valence-corrected chi connectivity index (χ1v) is 9.92. The molecule has 0 heterocycles. The molecule has 3 rings (SSSR count). The van der Waals surface area contributed by atoms with Crippen LogP contribution in [0.5, 0.6) is 17.2 Å². The maximum Gasteiger partial charge on any atom is 0.161 e. The third-order valence-electron chi connectivity index (χ3n) is 4.48. The van der Waals surface area contributed by atoms with E-state index in [0.717, 1.165) is 0 Å². The van der Waals surface area contributed by atoms with Crippen molar-refractivity contribution < 1.29 is 18.6 Å². The lowest BCUT2D eigenvalue weighted by molar-refractivity contribution is 0.300. The zero-order valence-electron chi connectivity index (χ0n) is 16.8. The van der Waals surface area contributed by atoms with E-state index in [2.05, 4.69) is 6.07 Å². The van der Waals surface area contributed by atoms with Crippen molar-refractivity contribution >= 4 is 34.9 Å². The maximum atomic E-state index is 13.8. The van der Waals surface area contributed by atoms with Crippen molar-refractivity contribution in [2.24, 2.45) is 0 Å². The number of hydrogen-bond donors (Lipinski definition) is 0. The van der Waals surface area contributed by atoms with Gasteiger partial charge in [0.05, 0.1) is 35.9 Å². The highest BCUT2D eigenvalue weighted by atomic mass is 35.5. The number of halogens is 3. The molecule has 0 saturated carbocycles. The summed E-state index contributed by atoms with van der Waals surface area (Å²) in [5.74, 6) is 0.941. The van der Waals surface area contributed by atoms with Gasteiger partial charge in [-0.25, -0.2) is 4.39 Å². The third kappa shape index (κ3) is 5.29. The Morgan fingerprint density at radius 2 is 1.68 bits per heavy atom. The Kier molecular flexibility index (Phi) is 7.41. The van der Waals surface area contributed by atoms with Crippen molar-refractivity contribution in [2.45, 2.75) is 6.61 Å². The fourth-order valence-corrected chi connectivity index (χ4v) is 3.53. The number of benzene rings is 3. The third-order valence-corrected chi connectivity index (χ3v) is 5.04. The average molecular weight is 458 g/mol. The number of nitriles is 1. The van der Waals surface area contributed by atoms with E-state index >= 15 is 0 Å². The first-order valence-electron chi connectivity index (χ1n) is 9.16. The Labute approximate surface area is 190 Å². The number of hydrogen-bond acceptors (Lipinski definition) is 4. The number of ether oxygens (including phenoxy) is 3. The van der Waals surface area contributed by atoms with E-state index in [9.17, 15) is 9.65 Å². The largest absolute Gasteiger partial charge is 0.493 e. The summed E-state index contributed by atoms with van der Waals surface area (Å²) < 4.78 is 30.0. The second kappa shape index (κ2) is 10.2. The molecular formula is C24H18Cl2FNO3. The molecule has 4 nitrogen and oxygen atoms in total. The number of nitrogens with zero attached hydrogens (tertiary/aromatic N) is 1. The molecule has 0 bridgehead atoms. The molecule has 3 aromatic rings. The van der Waals surface area contributed by atoms with Crippen molar-refractivity contribution in [1.29, 1.82) is 5.26 Å². The second-order valence-electron chi connectivity index (χ2n) is 6.43. The van der Waals surface area contributed by atoms with E-state index in [4.69, 9.17) is 37.4 Å². The maximum absolute atomic E-state index is 13.8. The van der Waals surface area contributed by atoms with Crippen molar-refractivity contribution in [3.63, 3.8) is 0 Å². The van der Waals surface area contributed by atoms with E-state index in [1.54, 1.807) is 61.7 Å². The topological polar surface area (TPSA) is 51.5 Å². The quantitative estimate of drug-likeness (QED) is 0.289. The van der Waals surface area contributed by atoms with Gasteiger partial charge in [0, 0.05) is 5.56 Å². The predicted octanol–water partition coefficient (Wildman–Crippen LogP) is 6.79. The van der Waals surface area contributed by atoms with Crippen LogP contribution in [0.2, 0.25) is 10.0 Å². The minimum atomic E-state index is -0.372. The van der Waals surface area contributed by atoms with Crippen molar-refractivity contribution in [1.82, 2.24) is 0 Å². The molecule has 0 aromatic heterocycles. The van der Waals surface area contributed by atoms with Crippen LogP contribution < -0.4 is 14.2 Å². The summed E-state index contributed by atoms with van der Waals surface area (Å²) in [6, 6.07) is 16.9. The van der Waals surface area contributed by atoms with Crippen LogP contribution in [0.4, 0.5) is 4.39 Å². The molecule has 0 aliphatic rings. The lowest BCUT2D eigenvalue weighted by Gasteiger charge is -2.12. The summed E-state index contributed by atoms with van der Waals surface area (Å²) in [4.78, 5) is 0. The van der Waals surface area contributed by atoms with Gasteiger partial charge in [-0.2, -0.15) is 5.26 Å². The molecule has 0 aliphatic carbocycles. The molecule has 158 valence electrons. The summed E-state index contributed by atoms with van der Waals surface area (Å²) in [5, 5.41) is 10.1. The van der Waals surface area contributed by atoms with Crippen LogP contribution in [0.1, 0.15) is 16.7 Å². The second-order valence-corrected chi connectivity index (χ2v) is 7.25. The Morgan fingerprint density at radius 3 is 2.29 bits per heavy atom. The van der Waals surface area contributed by atoms with Gasteiger partial charge in [-0.3, -0.25) is 0 Å². The Morgan fingerprint density at radius 1 is 1.00 bits per heavy atom. The fourth-order valence-electron chi connectivity index (χ4n) is 2.92. The minimum Gasteiger partial charge on any atom is -0.493 e. The van der Waals surface area contributed by atoms with Crippen LogP contribution in [-0.4, -0.2) is 14.2 Å². The predicted molar refractivity (Wildman–Crippen MR) is 120 cm³/mol. The Balaban J connectivity index is 1.88. The minimum absolute atomic E-state index is 0.0175. The molecule has 7 heteroatoms. The van der Waals surface area contributed by atoms with Crippen molar-refractivity contribution in [3.05, 3.63) is 87.2 Å². The fraction of sp³-hybridized carbons (Fsp3) is 0.125. The highest BCUT2D eigenvalue weighted by Crippen LogP contribution is 2.36. The number of allylic oxidation sites excluding steroid dienone is 1. The van der Waals surface area contributed by atoms with Gasteiger partial charge in [0.1, 0.15) is 12.4 Å². The smallest absolute Gasteiger partial charge is 0.161 e. The first-order chi connectivity index (χ1) is 15.0. The van der Waals surface area contributed by atoms with Gasteiger partial charge in [0.25, 0.3) is 0 Å². The van der Waals surface area contributed by atoms with Crippen LogP contribution in [0.15, 0.2) is 54.6 Å². The number of rotatable bonds is 7. The van der Waals surface area contributed by atoms with E-state index in [0.29, 0.717) is 33.8 Å². The highest BCUT2D eigenvalue weighted by Gasteiger charge is 2.13. The first kappa shape index (κ1) is 22.5. The van der Waals surface area contributed by atoms with Crippen LogP contribution in [0.25, 0.3) is 11.6 Å². The molecule has 31 heavy (non-hydrogen) atoms. The summed E-state index contributed by atoms with van der Waals surface area (Å²) in [6.45, 7) is -0.0175. The molecule has 0 fully saturated rings. The molecule has 0 radical (unpaired) electrons. The standard InChI is InChI=1S/C24H18Cl2FNO3/c1-29-22-8-7-16(12-23(22)30-2)18(13-28)9-15-10-19(25)24(20(26)11-15)31-14-17-5-3-4-6-21(17)27/h3-12H,14H2,1-2H3/b18-9+. The van der Waals surface area contributed by atoms with E-state index in [1.165, 1.54) is 13.2 Å². The lowest BCUT2D eigenvalue weighted by Crippen LogP contribution is -1.99. The molecule has 0 unspecified atom stereocenters. The van der Waals surface area contributed by atoms with Crippen LogP contribution in [0.3, 0.4) is 0 Å². The SMILES string of the molecule is COc1ccc(/C(C#N)=C/c2cc(Cl)c(OCc3ccccc3F)c(Cl)c2)cc1OC. The molecule has 0 aliphatic heterocycles. The Hall–Kier alpha value is -3.20. The molecule has 0 N–H and O–H groups in total. The van der Waals surface area contributed by atoms with Crippen LogP contribution in [-0.2, 0) is 6.61 Å². The molecular weight excluding hydrogens is 440 g/mol. The van der Waals surface area contributed by atoms with Crippen molar-refractivity contribution in [3.8, 4) is 23.3 Å². The summed E-state index contributed by atoms with van der Waals surface area (Å²) in [5.41, 5.74) is 2.03. The monoisotopic (exact) mass is 457 g/mol. The molecule has 0 atom stereocenters. The van der Waals surface area contributed by atoms with E-state index in [1.807, 2.05) is 0 Å². The van der Waals surface area contributed by atoms with Crippen LogP contribution >= 0.6 is 23.2 Å². The zero-order chi connectivity index (χ0) is 22.4. The lowest BCUT2D eigenvalue weighted by atomic mass is 10.0. The van der Waals surface area contributed by atoms with Gasteiger partial charge in [-0.15, -0.1) is 0 Å². The van der Waals surface area contributed by atoms with E-state index < -0.39 is 0 Å². The van der Waals surface area contributed by atoms with Gasteiger partial charge >= 0.3 is 0 Å². The molecule has 0 spiro atoms. The van der Waals surface area contributed by atoms with E-state index in [-0.39, 0.29) is 28.2 Å². The van der Waals surface area contributed by atoms with Gasteiger partial charge < -0.3 is 14.2 Å². The Bertz CT molecular complexity index is 1150. The highest BCUT2D eigenvalue weighted by molar-refractivity contribution is 6.37. The molecule has 3 aromatic carbocycles. The summed E-state index contributed by atoms with van der Waals surface area (Å²) >= 11 is 12.7. The summed E-state index contributed by atoms with van der Waals surface area (Å²) in [6.07, 6.45) is 1.65. The molecule has 0 amide bonds. The van der Waals surface area contributed by atoms with Crippen molar-refractivity contribution in [2.75, 3.05) is 14.2 Å². The normalized spacial score (nSPS) is 11.0. The van der Waals surface area contributed by atoms with Gasteiger partial charge in [0.15, 0.2) is 17.2 Å². The average Bonchev–Trinajstić information content (AvgIpc) is 2.77. The summed E-state index contributed by atoms with van der Waals surface area (Å²) in [7, 11) is 3.06. The zero-order valence-corrected chi connectivity index (χ0v) is 18.3. The van der Waals surface area contributed by atoms with Crippen LogP contribution in [0, 0.1) is 17.1 Å².